The van der Waals surface area contributed by atoms with Crippen LogP contribution in [0, 0.1) is 25.7 Å². The molecule has 6 nitrogen and oxygen atoms in total. The maximum Gasteiger partial charge on any atom is 0.191 e. The summed E-state index contributed by atoms with van der Waals surface area (Å²) in [6.45, 7) is 15.8. The van der Waals surface area contributed by atoms with Crippen LogP contribution >= 0.6 is 0 Å². The van der Waals surface area contributed by atoms with E-state index in [4.69, 9.17) is 0 Å². The predicted octanol–water partition coefficient (Wildman–Crippen LogP) is 2.50. The minimum Gasteiger partial charge on any atom is -0.356 e. The van der Waals surface area contributed by atoms with Gasteiger partial charge < -0.3 is 15.5 Å². The number of likely N-dealkylation sites (tertiary alicyclic amines) is 1. The Morgan fingerprint density at radius 3 is 2.48 bits per heavy atom. The van der Waals surface area contributed by atoms with Gasteiger partial charge in [-0.3, -0.25) is 9.67 Å². The van der Waals surface area contributed by atoms with Crippen molar-refractivity contribution in [3.05, 3.63) is 17.0 Å². The molecule has 154 valence electrons. The Morgan fingerprint density at radius 2 is 1.93 bits per heavy atom. The molecule has 0 saturated carbocycles. The Labute approximate surface area is 165 Å². The van der Waals surface area contributed by atoms with Crippen LogP contribution in [0.2, 0.25) is 0 Å². The number of nitrogens with zero attached hydrogens (tertiary/aromatic N) is 4. The highest BCUT2D eigenvalue weighted by Gasteiger charge is 2.21. The van der Waals surface area contributed by atoms with Crippen LogP contribution in [0.15, 0.2) is 4.99 Å². The molecule has 2 N–H and O–H groups in total. The Kier molecular flexibility index (Phi) is 8.14. The summed E-state index contributed by atoms with van der Waals surface area (Å²) in [4.78, 5) is 7.01. The molecule has 1 aliphatic heterocycles. The van der Waals surface area contributed by atoms with Crippen molar-refractivity contribution in [2.45, 2.75) is 59.9 Å². The Morgan fingerprint density at radius 1 is 1.26 bits per heavy atom. The zero-order valence-electron chi connectivity index (χ0n) is 18.5. The Hall–Kier alpha value is -1.56. The highest BCUT2D eigenvalue weighted by molar-refractivity contribution is 5.79. The number of hydrogen-bond donors (Lipinski definition) is 2. The lowest BCUT2D eigenvalue weighted by atomic mass is 9.92. The fraction of sp³-hybridized carbons (Fsp3) is 0.810. The molecule has 0 radical (unpaired) electrons. The SMILES string of the molecule is CN=C(NCCCN1CC(C)CC(C)C1)NC(C)Cc1c(C)nn(C)c1C. The minimum absolute atomic E-state index is 0.307. The molecule has 2 rings (SSSR count). The molecule has 1 aliphatic rings. The molecule has 1 aromatic rings. The number of aryl methyl sites for hydroxylation is 2. The van der Waals surface area contributed by atoms with Crippen molar-refractivity contribution in [3.63, 3.8) is 0 Å². The molecule has 2 heterocycles. The molecule has 0 spiro atoms. The lowest BCUT2D eigenvalue weighted by Gasteiger charge is -2.35. The third kappa shape index (κ3) is 6.52. The molecule has 3 unspecified atom stereocenters. The normalized spacial score (nSPS) is 22.7. The van der Waals surface area contributed by atoms with Gasteiger partial charge in [-0.25, -0.2) is 0 Å². The van der Waals surface area contributed by atoms with E-state index in [2.05, 4.69) is 60.2 Å². The van der Waals surface area contributed by atoms with Crippen LogP contribution in [0.25, 0.3) is 0 Å². The molecule has 3 atom stereocenters. The summed E-state index contributed by atoms with van der Waals surface area (Å²) < 4.78 is 1.97. The topological polar surface area (TPSA) is 57.5 Å². The van der Waals surface area contributed by atoms with E-state index in [-0.39, 0.29) is 0 Å². The van der Waals surface area contributed by atoms with Crippen LogP contribution in [-0.4, -0.2) is 59.9 Å². The summed E-state index contributed by atoms with van der Waals surface area (Å²) in [5.41, 5.74) is 3.70. The van der Waals surface area contributed by atoms with E-state index >= 15 is 0 Å². The second-order valence-corrected chi connectivity index (χ2v) is 8.58. The average Bonchev–Trinajstić information content (AvgIpc) is 2.83. The molecule has 0 aliphatic carbocycles. The molecular formula is C21H40N6. The molecule has 27 heavy (non-hydrogen) atoms. The summed E-state index contributed by atoms with van der Waals surface area (Å²) in [7, 11) is 3.85. The highest BCUT2D eigenvalue weighted by Crippen LogP contribution is 2.20. The van der Waals surface area contributed by atoms with Crippen LogP contribution in [0.5, 0.6) is 0 Å². The van der Waals surface area contributed by atoms with E-state index in [1.54, 1.807) is 0 Å². The number of rotatable bonds is 7. The Balaban J connectivity index is 1.72. The van der Waals surface area contributed by atoms with Gasteiger partial charge in [0.2, 0.25) is 0 Å². The smallest absolute Gasteiger partial charge is 0.191 e. The van der Waals surface area contributed by atoms with E-state index in [0.29, 0.717) is 6.04 Å². The number of aliphatic imine (C=N–C) groups is 1. The fourth-order valence-electron chi connectivity index (χ4n) is 4.38. The summed E-state index contributed by atoms with van der Waals surface area (Å²) in [5, 5.41) is 11.5. The van der Waals surface area contributed by atoms with E-state index in [0.717, 1.165) is 42.9 Å². The molecular weight excluding hydrogens is 336 g/mol. The van der Waals surface area contributed by atoms with Gasteiger partial charge in [0.1, 0.15) is 0 Å². The summed E-state index contributed by atoms with van der Waals surface area (Å²) in [6, 6.07) is 0.307. The maximum atomic E-state index is 4.52. The fourth-order valence-corrected chi connectivity index (χ4v) is 4.38. The summed E-state index contributed by atoms with van der Waals surface area (Å²) in [5.74, 6) is 2.55. The van der Waals surface area contributed by atoms with Gasteiger partial charge in [0, 0.05) is 45.5 Å². The number of piperidine rings is 1. The van der Waals surface area contributed by atoms with E-state index in [1.807, 2.05) is 18.8 Å². The van der Waals surface area contributed by atoms with Crippen LogP contribution < -0.4 is 10.6 Å². The zero-order valence-corrected chi connectivity index (χ0v) is 18.5. The van der Waals surface area contributed by atoms with Gasteiger partial charge in [-0.15, -0.1) is 0 Å². The molecule has 1 saturated heterocycles. The number of guanidine groups is 1. The average molecular weight is 377 g/mol. The third-order valence-corrected chi connectivity index (χ3v) is 5.66. The Bertz CT molecular complexity index is 610. The van der Waals surface area contributed by atoms with Crippen molar-refractivity contribution < 1.29 is 0 Å². The standard InChI is InChI=1S/C21H40N6/c1-15-11-16(2)14-27(13-15)10-8-9-23-21(22-6)24-17(3)12-20-18(4)25-26(7)19(20)5/h15-17H,8-14H2,1-7H3,(H2,22,23,24). The summed E-state index contributed by atoms with van der Waals surface area (Å²) in [6.07, 6.45) is 3.48. The van der Waals surface area contributed by atoms with Crippen LogP contribution in [-0.2, 0) is 13.5 Å². The van der Waals surface area contributed by atoms with Gasteiger partial charge in [-0.1, -0.05) is 13.8 Å². The molecule has 0 amide bonds. The van der Waals surface area contributed by atoms with Crippen molar-refractivity contribution in [3.8, 4) is 0 Å². The molecule has 6 heteroatoms. The van der Waals surface area contributed by atoms with Gasteiger partial charge in [0.25, 0.3) is 0 Å². The first-order valence-electron chi connectivity index (χ1n) is 10.5. The molecule has 0 aromatic carbocycles. The number of nitrogens with one attached hydrogen (secondary N) is 2. The minimum atomic E-state index is 0.307. The van der Waals surface area contributed by atoms with Crippen molar-refractivity contribution in [1.82, 2.24) is 25.3 Å². The van der Waals surface area contributed by atoms with Gasteiger partial charge in [0.15, 0.2) is 5.96 Å². The molecule has 1 fully saturated rings. The van der Waals surface area contributed by atoms with E-state index in [1.165, 1.54) is 37.3 Å². The van der Waals surface area contributed by atoms with Crippen LogP contribution in [0.4, 0.5) is 0 Å². The van der Waals surface area contributed by atoms with Gasteiger partial charge in [-0.05, 0) is 64.0 Å². The lowest BCUT2D eigenvalue weighted by Crippen LogP contribution is -2.44. The van der Waals surface area contributed by atoms with Gasteiger partial charge in [-0.2, -0.15) is 5.10 Å². The predicted molar refractivity (Wildman–Crippen MR) is 114 cm³/mol. The monoisotopic (exact) mass is 376 g/mol. The van der Waals surface area contributed by atoms with Crippen molar-refractivity contribution in [1.29, 1.82) is 0 Å². The second kappa shape index (κ2) is 10.1. The number of aromatic nitrogens is 2. The first-order chi connectivity index (χ1) is 12.8. The highest BCUT2D eigenvalue weighted by atomic mass is 15.3. The van der Waals surface area contributed by atoms with E-state index < -0.39 is 0 Å². The molecule has 0 bridgehead atoms. The first-order valence-corrected chi connectivity index (χ1v) is 10.5. The van der Waals surface area contributed by atoms with Crippen molar-refractivity contribution >= 4 is 5.96 Å². The number of hydrogen-bond acceptors (Lipinski definition) is 3. The third-order valence-electron chi connectivity index (χ3n) is 5.66. The van der Waals surface area contributed by atoms with Gasteiger partial charge >= 0.3 is 0 Å². The van der Waals surface area contributed by atoms with Crippen LogP contribution in [0.3, 0.4) is 0 Å². The summed E-state index contributed by atoms with van der Waals surface area (Å²) >= 11 is 0. The zero-order chi connectivity index (χ0) is 20.0. The van der Waals surface area contributed by atoms with E-state index in [9.17, 15) is 0 Å². The van der Waals surface area contributed by atoms with Crippen LogP contribution in [0.1, 0.15) is 50.6 Å². The largest absolute Gasteiger partial charge is 0.356 e. The maximum absolute atomic E-state index is 4.52. The van der Waals surface area contributed by atoms with Gasteiger partial charge in [0.05, 0.1) is 5.69 Å². The van der Waals surface area contributed by atoms with Crippen molar-refractivity contribution in [2.75, 3.05) is 33.2 Å². The van der Waals surface area contributed by atoms with Crippen molar-refractivity contribution in [2.24, 2.45) is 23.9 Å². The lowest BCUT2D eigenvalue weighted by molar-refractivity contribution is 0.140. The quantitative estimate of drug-likeness (QED) is 0.436. The first kappa shape index (κ1) is 21.7. The second-order valence-electron chi connectivity index (χ2n) is 8.58. The molecule has 1 aromatic heterocycles.